The van der Waals surface area contributed by atoms with Crippen LogP contribution in [0.5, 0.6) is 5.88 Å². The number of aromatic nitrogens is 5. The van der Waals surface area contributed by atoms with Gasteiger partial charge in [-0.1, -0.05) is 0 Å². The first-order chi connectivity index (χ1) is 8.76. The summed E-state index contributed by atoms with van der Waals surface area (Å²) in [4.78, 5) is 8.21. The normalized spacial score (nSPS) is 10.4. The van der Waals surface area contributed by atoms with Crippen LogP contribution in [0.4, 0.5) is 5.82 Å². The summed E-state index contributed by atoms with van der Waals surface area (Å²) in [6, 6.07) is 0. The van der Waals surface area contributed by atoms with Gasteiger partial charge in [0.2, 0.25) is 5.88 Å². The fraction of sp³-hybridized carbons (Fsp3) is 0.455. The van der Waals surface area contributed by atoms with Gasteiger partial charge in [0.05, 0.1) is 19.2 Å². The minimum absolute atomic E-state index is 0.564. The molecular formula is C11H16N6O. The zero-order chi connectivity index (χ0) is 13.0. The third kappa shape index (κ3) is 2.39. The van der Waals surface area contributed by atoms with E-state index in [1.165, 1.54) is 6.33 Å². The van der Waals surface area contributed by atoms with E-state index in [0.29, 0.717) is 12.4 Å². The van der Waals surface area contributed by atoms with E-state index >= 15 is 0 Å². The summed E-state index contributed by atoms with van der Waals surface area (Å²) >= 11 is 0. The SMILES string of the molecule is CCn1cnnc1CNc1ncnc(OC)c1C. The van der Waals surface area contributed by atoms with E-state index in [0.717, 1.165) is 23.8 Å². The molecule has 0 aliphatic heterocycles. The van der Waals surface area contributed by atoms with Gasteiger partial charge in [-0.05, 0) is 13.8 Å². The van der Waals surface area contributed by atoms with Crippen molar-refractivity contribution < 1.29 is 4.74 Å². The van der Waals surface area contributed by atoms with E-state index in [4.69, 9.17) is 4.74 Å². The standard InChI is InChI=1S/C11H16N6O/c1-4-17-7-15-16-9(17)5-12-10-8(2)11(18-3)14-6-13-10/h6-7H,4-5H2,1-3H3,(H,12,13,14). The zero-order valence-corrected chi connectivity index (χ0v) is 10.7. The van der Waals surface area contributed by atoms with Crippen molar-refractivity contribution in [1.29, 1.82) is 0 Å². The molecule has 0 unspecified atom stereocenters. The molecule has 96 valence electrons. The summed E-state index contributed by atoms with van der Waals surface area (Å²) in [6.07, 6.45) is 3.18. The lowest BCUT2D eigenvalue weighted by molar-refractivity contribution is 0.393. The van der Waals surface area contributed by atoms with E-state index in [9.17, 15) is 0 Å². The predicted octanol–water partition coefficient (Wildman–Crippen LogP) is 1.02. The Hall–Kier alpha value is -2.18. The number of methoxy groups -OCH3 is 1. The molecule has 1 N–H and O–H groups in total. The van der Waals surface area contributed by atoms with Gasteiger partial charge in [-0.15, -0.1) is 10.2 Å². The van der Waals surface area contributed by atoms with E-state index in [2.05, 4.69) is 25.5 Å². The third-order valence-corrected chi connectivity index (χ3v) is 2.68. The maximum atomic E-state index is 5.14. The first-order valence-corrected chi connectivity index (χ1v) is 5.72. The van der Waals surface area contributed by atoms with E-state index < -0.39 is 0 Å². The van der Waals surface area contributed by atoms with Crippen LogP contribution in [0.25, 0.3) is 0 Å². The van der Waals surface area contributed by atoms with Gasteiger partial charge in [0.1, 0.15) is 18.5 Å². The topological polar surface area (TPSA) is 77.8 Å². The summed E-state index contributed by atoms with van der Waals surface area (Å²) in [5.74, 6) is 2.19. The van der Waals surface area contributed by atoms with Crippen LogP contribution in [0.15, 0.2) is 12.7 Å². The van der Waals surface area contributed by atoms with Crippen LogP contribution < -0.4 is 10.1 Å². The molecule has 0 aliphatic rings. The molecule has 7 heteroatoms. The van der Waals surface area contributed by atoms with Crippen molar-refractivity contribution in [3.05, 3.63) is 24.0 Å². The average molecular weight is 248 g/mol. The van der Waals surface area contributed by atoms with Crippen LogP contribution >= 0.6 is 0 Å². The highest BCUT2D eigenvalue weighted by Gasteiger charge is 2.08. The van der Waals surface area contributed by atoms with Crippen molar-refractivity contribution in [1.82, 2.24) is 24.7 Å². The number of hydrogen-bond acceptors (Lipinski definition) is 6. The highest BCUT2D eigenvalue weighted by Crippen LogP contribution is 2.19. The van der Waals surface area contributed by atoms with E-state index in [-0.39, 0.29) is 0 Å². The Morgan fingerprint density at radius 1 is 1.39 bits per heavy atom. The Kier molecular flexibility index (Phi) is 3.71. The Morgan fingerprint density at radius 2 is 2.22 bits per heavy atom. The van der Waals surface area contributed by atoms with Gasteiger partial charge < -0.3 is 14.6 Å². The smallest absolute Gasteiger partial charge is 0.221 e. The molecule has 2 rings (SSSR count). The molecular weight excluding hydrogens is 232 g/mol. The van der Waals surface area contributed by atoms with Crippen LogP contribution in [0.3, 0.4) is 0 Å². The highest BCUT2D eigenvalue weighted by atomic mass is 16.5. The van der Waals surface area contributed by atoms with Gasteiger partial charge in [-0.25, -0.2) is 9.97 Å². The van der Waals surface area contributed by atoms with E-state index in [1.54, 1.807) is 13.4 Å². The quantitative estimate of drug-likeness (QED) is 0.851. The minimum atomic E-state index is 0.564. The Labute approximate surface area is 105 Å². The Morgan fingerprint density at radius 3 is 2.94 bits per heavy atom. The molecule has 2 aromatic rings. The van der Waals surface area contributed by atoms with Crippen molar-refractivity contribution in [2.24, 2.45) is 0 Å². The summed E-state index contributed by atoms with van der Waals surface area (Å²) < 4.78 is 7.12. The molecule has 0 atom stereocenters. The van der Waals surface area contributed by atoms with Gasteiger partial charge in [0, 0.05) is 6.54 Å². The fourth-order valence-electron chi connectivity index (χ4n) is 1.66. The second-order valence-corrected chi connectivity index (χ2v) is 3.74. The molecule has 0 fully saturated rings. The molecule has 2 heterocycles. The molecule has 18 heavy (non-hydrogen) atoms. The van der Waals surface area contributed by atoms with Crippen molar-refractivity contribution in [3.63, 3.8) is 0 Å². The number of anilines is 1. The van der Waals surface area contributed by atoms with Crippen LogP contribution in [0, 0.1) is 6.92 Å². The summed E-state index contributed by atoms with van der Waals surface area (Å²) in [7, 11) is 1.59. The number of rotatable bonds is 5. The van der Waals surface area contributed by atoms with E-state index in [1.807, 2.05) is 18.4 Å². The van der Waals surface area contributed by atoms with Gasteiger partial charge in [0.15, 0.2) is 5.82 Å². The molecule has 0 saturated heterocycles. The van der Waals surface area contributed by atoms with Crippen LogP contribution in [-0.4, -0.2) is 31.8 Å². The second-order valence-electron chi connectivity index (χ2n) is 3.74. The Balaban J connectivity index is 2.11. The lowest BCUT2D eigenvalue weighted by Crippen LogP contribution is -2.10. The highest BCUT2D eigenvalue weighted by molar-refractivity contribution is 5.47. The Bertz CT molecular complexity index is 524. The molecule has 0 amide bonds. The van der Waals surface area contributed by atoms with Gasteiger partial charge in [0.25, 0.3) is 0 Å². The monoisotopic (exact) mass is 248 g/mol. The first kappa shape index (κ1) is 12.3. The molecule has 7 nitrogen and oxygen atoms in total. The van der Waals surface area contributed by atoms with Gasteiger partial charge in [-0.3, -0.25) is 0 Å². The van der Waals surface area contributed by atoms with Gasteiger partial charge >= 0.3 is 0 Å². The summed E-state index contributed by atoms with van der Waals surface area (Å²) in [6.45, 7) is 5.36. The van der Waals surface area contributed by atoms with Crippen LogP contribution in [-0.2, 0) is 13.1 Å². The molecule has 0 saturated carbocycles. The first-order valence-electron chi connectivity index (χ1n) is 5.72. The molecule has 0 aliphatic carbocycles. The van der Waals surface area contributed by atoms with Crippen LogP contribution in [0.1, 0.15) is 18.3 Å². The number of hydrogen-bond donors (Lipinski definition) is 1. The lowest BCUT2D eigenvalue weighted by atomic mass is 10.3. The maximum absolute atomic E-state index is 5.14. The minimum Gasteiger partial charge on any atom is -0.481 e. The number of ether oxygens (including phenoxy) is 1. The average Bonchev–Trinajstić information content (AvgIpc) is 2.85. The van der Waals surface area contributed by atoms with Crippen molar-refractivity contribution in [2.45, 2.75) is 26.9 Å². The number of nitrogens with one attached hydrogen (secondary N) is 1. The van der Waals surface area contributed by atoms with Crippen LogP contribution in [0.2, 0.25) is 0 Å². The number of aryl methyl sites for hydroxylation is 1. The fourth-order valence-corrected chi connectivity index (χ4v) is 1.66. The predicted molar refractivity (Wildman–Crippen MR) is 66.3 cm³/mol. The summed E-state index contributed by atoms with van der Waals surface area (Å²) in [5.41, 5.74) is 0.877. The largest absolute Gasteiger partial charge is 0.481 e. The van der Waals surface area contributed by atoms with Gasteiger partial charge in [-0.2, -0.15) is 0 Å². The van der Waals surface area contributed by atoms with Crippen molar-refractivity contribution in [3.8, 4) is 5.88 Å². The second kappa shape index (κ2) is 5.44. The number of nitrogens with zero attached hydrogens (tertiary/aromatic N) is 5. The molecule has 0 bridgehead atoms. The maximum Gasteiger partial charge on any atom is 0.221 e. The third-order valence-electron chi connectivity index (χ3n) is 2.68. The molecule has 0 spiro atoms. The summed E-state index contributed by atoms with van der Waals surface area (Å²) in [5, 5.41) is 11.1. The van der Waals surface area contributed by atoms with Crippen molar-refractivity contribution in [2.75, 3.05) is 12.4 Å². The van der Waals surface area contributed by atoms with Crippen molar-refractivity contribution >= 4 is 5.82 Å². The molecule has 0 radical (unpaired) electrons. The zero-order valence-electron chi connectivity index (χ0n) is 10.7. The molecule has 2 aromatic heterocycles. The lowest BCUT2D eigenvalue weighted by Gasteiger charge is -2.10. The molecule has 0 aromatic carbocycles.